The quantitative estimate of drug-likeness (QED) is 0.450. The molecule has 0 aromatic carbocycles. The molecule has 0 radical (unpaired) electrons. The Hall–Kier alpha value is -1.58. The van der Waals surface area contributed by atoms with Gasteiger partial charge in [-0.15, -0.1) is 0 Å². The minimum atomic E-state index is -0.486. The van der Waals surface area contributed by atoms with Crippen LogP contribution in [0.15, 0.2) is 18.3 Å². The molecule has 1 rings (SSSR count). The van der Waals surface area contributed by atoms with Crippen LogP contribution in [0.25, 0.3) is 0 Å². The summed E-state index contributed by atoms with van der Waals surface area (Å²) in [5.41, 5.74) is 0.436. The molecule has 1 N–H and O–H groups in total. The predicted octanol–water partition coefficient (Wildman–Crippen LogP) is 1.54. The van der Waals surface area contributed by atoms with Crippen LogP contribution in [0, 0.1) is 0 Å². The molecule has 0 aliphatic carbocycles. The first-order chi connectivity index (χ1) is 6.59. The number of aromatic nitrogens is 1. The third-order valence-corrected chi connectivity index (χ3v) is 1.57. The number of rotatable bonds is 4. The summed E-state index contributed by atoms with van der Waals surface area (Å²) in [5.74, 6) is -0.736. The van der Waals surface area contributed by atoms with E-state index in [9.17, 15) is 9.59 Å². The van der Waals surface area contributed by atoms with Crippen molar-refractivity contribution in [2.75, 3.05) is 0 Å². The minimum Gasteiger partial charge on any atom is -0.463 e. The lowest BCUT2D eigenvalue weighted by Gasteiger charge is -2.06. The Morgan fingerprint density at radius 1 is 1.50 bits per heavy atom. The highest BCUT2D eigenvalue weighted by atomic mass is 16.5. The second kappa shape index (κ2) is 4.60. The van der Waals surface area contributed by atoms with Gasteiger partial charge in [0.1, 0.15) is 6.42 Å². The van der Waals surface area contributed by atoms with Crippen molar-refractivity contribution in [2.24, 2.45) is 0 Å². The largest absolute Gasteiger partial charge is 0.463 e. The molecule has 0 aliphatic heterocycles. The van der Waals surface area contributed by atoms with Gasteiger partial charge in [0.2, 0.25) is 0 Å². The zero-order valence-electron chi connectivity index (χ0n) is 8.24. The van der Waals surface area contributed by atoms with Gasteiger partial charge in [-0.05, 0) is 26.0 Å². The van der Waals surface area contributed by atoms with Crippen LogP contribution in [0.1, 0.15) is 30.8 Å². The van der Waals surface area contributed by atoms with Crippen molar-refractivity contribution in [2.45, 2.75) is 26.4 Å². The van der Waals surface area contributed by atoms with Crippen molar-refractivity contribution in [1.82, 2.24) is 4.98 Å². The lowest BCUT2D eigenvalue weighted by molar-refractivity contribution is -0.146. The fourth-order valence-corrected chi connectivity index (χ4v) is 1.03. The fourth-order valence-electron chi connectivity index (χ4n) is 1.03. The molecule has 76 valence electrons. The van der Waals surface area contributed by atoms with E-state index < -0.39 is 5.97 Å². The van der Waals surface area contributed by atoms with E-state index in [0.717, 1.165) is 0 Å². The van der Waals surface area contributed by atoms with Crippen molar-refractivity contribution in [3.63, 3.8) is 0 Å². The average Bonchev–Trinajstić information content (AvgIpc) is 2.53. The summed E-state index contributed by atoms with van der Waals surface area (Å²) in [5, 5.41) is 0. The van der Waals surface area contributed by atoms with E-state index in [1.807, 2.05) is 0 Å². The lowest BCUT2D eigenvalue weighted by atomic mass is 10.2. The van der Waals surface area contributed by atoms with Crippen molar-refractivity contribution < 1.29 is 14.3 Å². The van der Waals surface area contributed by atoms with Crippen LogP contribution in [0.4, 0.5) is 0 Å². The maximum absolute atomic E-state index is 11.4. The second-order valence-electron chi connectivity index (χ2n) is 3.22. The molecule has 4 heteroatoms. The van der Waals surface area contributed by atoms with Crippen molar-refractivity contribution in [1.29, 1.82) is 0 Å². The Morgan fingerprint density at radius 2 is 2.21 bits per heavy atom. The van der Waals surface area contributed by atoms with Gasteiger partial charge in [-0.25, -0.2) is 0 Å². The number of ether oxygens (including phenoxy) is 1. The Kier molecular flexibility index (Phi) is 3.45. The lowest BCUT2D eigenvalue weighted by Crippen LogP contribution is -2.15. The van der Waals surface area contributed by atoms with Gasteiger partial charge in [-0.2, -0.15) is 0 Å². The molecule has 0 unspecified atom stereocenters. The van der Waals surface area contributed by atoms with Crippen LogP contribution in [-0.2, 0) is 9.53 Å². The third kappa shape index (κ3) is 3.05. The summed E-state index contributed by atoms with van der Waals surface area (Å²) >= 11 is 0. The molecule has 0 aliphatic rings. The summed E-state index contributed by atoms with van der Waals surface area (Å²) in [6, 6.07) is 3.34. The van der Waals surface area contributed by atoms with E-state index in [2.05, 4.69) is 4.98 Å². The first kappa shape index (κ1) is 10.5. The molecule has 14 heavy (non-hydrogen) atoms. The first-order valence-electron chi connectivity index (χ1n) is 4.45. The zero-order chi connectivity index (χ0) is 10.6. The summed E-state index contributed by atoms with van der Waals surface area (Å²) in [6.07, 6.45) is 1.25. The number of aromatic amines is 1. The van der Waals surface area contributed by atoms with Crippen LogP contribution >= 0.6 is 0 Å². The van der Waals surface area contributed by atoms with Crippen molar-refractivity contribution >= 4 is 11.8 Å². The predicted molar refractivity (Wildman–Crippen MR) is 51.0 cm³/mol. The minimum absolute atomic E-state index is 0.182. The van der Waals surface area contributed by atoms with Gasteiger partial charge >= 0.3 is 5.97 Å². The maximum atomic E-state index is 11.4. The molecule has 0 fully saturated rings. The zero-order valence-corrected chi connectivity index (χ0v) is 8.24. The van der Waals surface area contributed by atoms with E-state index in [1.165, 1.54) is 0 Å². The van der Waals surface area contributed by atoms with Crippen LogP contribution in [0.5, 0.6) is 0 Å². The van der Waals surface area contributed by atoms with E-state index in [4.69, 9.17) is 4.74 Å². The Morgan fingerprint density at radius 3 is 2.71 bits per heavy atom. The van der Waals surface area contributed by atoms with Crippen LogP contribution in [0.3, 0.4) is 0 Å². The molecule has 0 spiro atoms. The number of ketones is 1. The van der Waals surface area contributed by atoms with Gasteiger partial charge in [0.25, 0.3) is 0 Å². The topological polar surface area (TPSA) is 59.2 Å². The standard InChI is InChI=1S/C10H13NO3/c1-7(2)14-10(13)6-9(12)8-4-3-5-11-8/h3-5,7,11H,6H2,1-2H3. The number of esters is 1. The smallest absolute Gasteiger partial charge is 0.314 e. The van der Waals surface area contributed by atoms with Crippen molar-refractivity contribution in [3.8, 4) is 0 Å². The highest BCUT2D eigenvalue weighted by Crippen LogP contribution is 2.02. The van der Waals surface area contributed by atoms with E-state index in [1.54, 1.807) is 32.2 Å². The number of Topliss-reactive ketones (excluding diaryl/α,β-unsaturated/α-hetero) is 1. The highest BCUT2D eigenvalue weighted by molar-refractivity contribution is 6.04. The summed E-state index contributed by atoms with van der Waals surface area (Å²) in [6.45, 7) is 3.49. The van der Waals surface area contributed by atoms with Gasteiger partial charge in [0.15, 0.2) is 5.78 Å². The Bertz CT molecular complexity index is 314. The van der Waals surface area contributed by atoms with E-state index >= 15 is 0 Å². The van der Waals surface area contributed by atoms with Gasteiger partial charge in [0, 0.05) is 6.20 Å². The number of nitrogens with one attached hydrogen (secondary N) is 1. The van der Waals surface area contributed by atoms with Crippen LogP contribution in [0.2, 0.25) is 0 Å². The molecule has 4 nitrogen and oxygen atoms in total. The normalized spacial score (nSPS) is 10.2. The number of hydrogen-bond acceptors (Lipinski definition) is 3. The van der Waals surface area contributed by atoms with Gasteiger partial charge in [0.05, 0.1) is 11.8 Å². The number of H-pyrrole nitrogens is 1. The molecule has 1 aromatic rings. The Balaban J connectivity index is 2.46. The second-order valence-corrected chi connectivity index (χ2v) is 3.22. The molecule has 0 atom stereocenters. The summed E-state index contributed by atoms with van der Waals surface area (Å²) in [7, 11) is 0. The molecule has 0 saturated heterocycles. The highest BCUT2D eigenvalue weighted by Gasteiger charge is 2.14. The van der Waals surface area contributed by atoms with Gasteiger partial charge in [-0.1, -0.05) is 0 Å². The fraction of sp³-hybridized carbons (Fsp3) is 0.400. The molecule has 1 aromatic heterocycles. The molecule has 0 amide bonds. The SMILES string of the molecule is CC(C)OC(=O)CC(=O)c1ccc[nH]1. The van der Waals surface area contributed by atoms with E-state index in [0.29, 0.717) is 5.69 Å². The maximum Gasteiger partial charge on any atom is 0.314 e. The molecule has 0 bridgehead atoms. The molecular formula is C10H13NO3. The van der Waals surface area contributed by atoms with Gasteiger partial charge < -0.3 is 9.72 Å². The monoisotopic (exact) mass is 195 g/mol. The molecule has 0 saturated carbocycles. The third-order valence-electron chi connectivity index (χ3n) is 1.57. The molecular weight excluding hydrogens is 182 g/mol. The van der Waals surface area contributed by atoms with E-state index in [-0.39, 0.29) is 18.3 Å². The van der Waals surface area contributed by atoms with Crippen LogP contribution < -0.4 is 0 Å². The van der Waals surface area contributed by atoms with Crippen LogP contribution in [-0.4, -0.2) is 22.8 Å². The number of hydrogen-bond donors (Lipinski definition) is 1. The average molecular weight is 195 g/mol. The number of carbonyl (C=O) groups is 2. The number of carbonyl (C=O) groups excluding carboxylic acids is 2. The summed E-state index contributed by atoms with van der Waals surface area (Å²) in [4.78, 5) is 25.2. The molecule has 1 heterocycles. The van der Waals surface area contributed by atoms with Gasteiger partial charge in [-0.3, -0.25) is 9.59 Å². The Labute approximate surface area is 82.3 Å². The first-order valence-corrected chi connectivity index (χ1v) is 4.45. The summed E-state index contributed by atoms with van der Waals surface area (Å²) < 4.78 is 4.85. The van der Waals surface area contributed by atoms with Crippen molar-refractivity contribution in [3.05, 3.63) is 24.0 Å².